The van der Waals surface area contributed by atoms with Gasteiger partial charge in [-0.15, -0.1) is 0 Å². The number of carbonyl (C=O) groups is 2. The van der Waals surface area contributed by atoms with Crippen molar-refractivity contribution in [1.82, 2.24) is 0 Å². The van der Waals surface area contributed by atoms with Gasteiger partial charge in [-0.25, -0.2) is 0 Å². The quantitative estimate of drug-likeness (QED) is 0.777. The maximum Gasteiger partial charge on any atom is 0.240 e. The molecule has 0 radical (unpaired) electrons. The van der Waals surface area contributed by atoms with Crippen molar-refractivity contribution in [3.05, 3.63) is 58.1 Å². The predicted molar refractivity (Wildman–Crippen MR) is 96.6 cm³/mol. The summed E-state index contributed by atoms with van der Waals surface area (Å²) in [6.07, 6.45) is 1.05. The average molecular weight is 363 g/mol. The molecule has 4 nitrogen and oxygen atoms in total. The second-order valence-electron chi connectivity index (χ2n) is 5.96. The molecular formula is C18H16Cl2N2O2. The zero-order valence-corrected chi connectivity index (χ0v) is 14.5. The van der Waals surface area contributed by atoms with Crippen molar-refractivity contribution >= 4 is 46.4 Å². The van der Waals surface area contributed by atoms with Gasteiger partial charge in [-0.2, -0.15) is 0 Å². The Bertz CT molecular complexity index is 799. The molecule has 2 N–H and O–H groups in total. The molecule has 6 heteroatoms. The number of nitrogens with one attached hydrogen (secondary N) is 2. The van der Waals surface area contributed by atoms with E-state index in [-0.39, 0.29) is 11.8 Å². The topological polar surface area (TPSA) is 58.2 Å². The molecule has 0 bridgehead atoms. The SMILES string of the molecule is Cc1ccc(NC(=O)C2(C(=O)Nc3ccc(Cl)cc3)CC2)cc1Cl. The lowest BCUT2D eigenvalue weighted by Crippen LogP contribution is -2.35. The Morgan fingerprint density at radius 2 is 1.46 bits per heavy atom. The van der Waals surface area contributed by atoms with Gasteiger partial charge in [-0.3, -0.25) is 9.59 Å². The molecule has 0 spiro atoms. The largest absolute Gasteiger partial charge is 0.325 e. The summed E-state index contributed by atoms with van der Waals surface area (Å²) in [5, 5.41) is 6.72. The van der Waals surface area contributed by atoms with Gasteiger partial charge in [0.05, 0.1) is 0 Å². The van der Waals surface area contributed by atoms with Gasteiger partial charge >= 0.3 is 0 Å². The third-order valence-electron chi connectivity index (χ3n) is 4.15. The van der Waals surface area contributed by atoms with Crippen molar-refractivity contribution < 1.29 is 9.59 Å². The van der Waals surface area contributed by atoms with Crippen LogP contribution in [0.25, 0.3) is 0 Å². The fraction of sp³-hybridized carbons (Fsp3) is 0.222. The third-order valence-corrected chi connectivity index (χ3v) is 4.81. The van der Waals surface area contributed by atoms with Crippen LogP contribution in [-0.4, -0.2) is 11.8 Å². The number of hydrogen-bond acceptors (Lipinski definition) is 2. The Morgan fingerprint density at radius 1 is 0.917 bits per heavy atom. The molecule has 1 aliphatic rings. The van der Waals surface area contributed by atoms with Gasteiger partial charge in [0, 0.05) is 21.4 Å². The first-order chi connectivity index (χ1) is 11.4. The van der Waals surface area contributed by atoms with Crippen molar-refractivity contribution in [1.29, 1.82) is 0 Å². The van der Waals surface area contributed by atoms with E-state index >= 15 is 0 Å². The third kappa shape index (κ3) is 3.40. The predicted octanol–water partition coefficient (Wildman–Crippen LogP) is 4.66. The number of anilines is 2. The van der Waals surface area contributed by atoms with Crippen LogP contribution < -0.4 is 10.6 Å². The first kappa shape index (κ1) is 16.8. The molecule has 0 aliphatic heterocycles. The molecule has 0 heterocycles. The number of rotatable bonds is 4. The molecule has 2 aromatic rings. The Labute approximate surface area is 150 Å². The highest BCUT2D eigenvalue weighted by Gasteiger charge is 2.56. The van der Waals surface area contributed by atoms with Crippen LogP contribution in [0.3, 0.4) is 0 Å². The molecule has 0 aromatic heterocycles. The van der Waals surface area contributed by atoms with Crippen LogP contribution in [0.4, 0.5) is 11.4 Å². The van der Waals surface area contributed by atoms with Gasteiger partial charge < -0.3 is 10.6 Å². The van der Waals surface area contributed by atoms with E-state index < -0.39 is 5.41 Å². The molecule has 0 saturated heterocycles. The van der Waals surface area contributed by atoms with Crippen LogP contribution in [0.2, 0.25) is 10.0 Å². The number of halogens is 2. The van der Waals surface area contributed by atoms with Gasteiger partial charge in [0.1, 0.15) is 5.41 Å². The minimum Gasteiger partial charge on any atom is -0.325 e. The summed E-state index contributed by atoms with van der Waals surface area (Å²) in [5.74, 6) is -0.616. The van der Waals surface area contributed by atoms with E-state index in [9.17, 15) is 9.59 Å². The summed E-state index contributed by atoms with van der Waals surface area (Å²) in [6.45, 7) is 1.88. The van der Waals surface area contributed by atoms with Crippen LogP contribution in [0.5, 0.6) is 0 Å². The first-order valence-corrected chi connectivity index (χ1v) is 8.31. The highest BCUT2D eigenvalue weighted by Crippen LogP contribution is 2.47. The molecule has 124 valence electrons. The molecule has 1 aliphatic carbocycles. The summed E-state index contributed by atoms with van der Waals surface area (Å²) in [7, 11) is 0. The first-order valence-electron chi connectivity index (χ1n) is 7.55. The second kappa shape index (κ2) is 6.46. The maximum absolute atomic E-state index is 12.5. The number of hydrogen-bond donors (Lipinski definition) is 2. The number of carbonyl (C=O) groups excluding carboxylic acids is 2. The molecule has 1 fully saturated rings. The van der Waals surface area contributed by atoms with Gasteiger partial charge in [0.25, 0.3) is 0 Å². The molecule has 3 rings (SSSR count). The van der Waals surface area contributed by atoms with Crippen molar-refractivity contribution in [2.75, 3.05) is 10.6 Å². The van der Waals surface area contributed by atoms with E-state index in [0.29, 0.717) is 34.3 Å². The standard InChI is InChI=1S/C18H16Cl2N2O2/c1-11-2-5-14(10-15(11)20)22-17(24)18(8-9-18)16(23)21-13-6-3-12(19)4-7-13/h2-7,10H,8-9H2,1H3,(H,21,23)(H,22,24). The number of benzene rings is 2. The number of amides is 2. The van der Waals surface area contributed by atoms with Gasteiger partial charge in [-0.1, -0.05) is 29.3 Å². The molecule has 24 heavy (non-hydrogen) atoms. The monoisotopic (exact) mass is 362 g/mol. The van der Waals surface area contributed by atoms with E-state index in [1.165, 1.54) is 0 Å². The summed E-state index contributed by atoms with van der Waals surface area (Å²) in [5.41, 5.74) is 1.11. The van der Waals surface area contributed by atoms with Crippen molar-refractivity contribution in [2.45, 2.75) is 19.8 Å². The molecule has 1 saturated carbocycles. The van der Waals surface area contributed by atoms with Gasteiger partial charge in [0.15, 0.2) is 0 Å². The van der Waals surface area contributed by atoms with Crippen LogP contribution >= 0.6 is 23.2 Å². The smallest absolute Gasteiger partial charge is 0.240 e. The number of aryl methyl sites for hydroxylation is 1. The van der Waals surface area contributed by atoms with Crippen LogP contribution in [-0.2, 0) is 9.59 Å². The highest BCUT2D eigenvalue weighted by molar-refractivity contribution is 6.31. The minimum atomic E-state index is -1.02. The Kier molecular flexibility index (Phi) is 4.52. The van der Waals surface area contributed by atoms with E-state index in [4.69, 9.17) is 23.2 Å². The lowest BCUT2D eigenvalue weighted by Gasteiger charge is -2.16. The Hall–Kier alpha value is -2.04. The molecule has 2 amide bonds. The zero-order valence-electron chi connectivity index (χ0n) is 13.0. The molecule has 0 unspecified atom stereocenters. The highest BCUT2D eigenvalue weighted by atomic mass is 35.5. The summed E-state index contributed by atoms with van der Waals surface area (Å²) < 4.78 is 0. The molecular weight excluding hydrogens is 347 g/mol. The van der Waals surface area contributed by atoms with Crippen molar-refractivity contribution in [2.24, 2.45) is 5.41 Å². The Balaban J connectivity index is 1.70. The normalized spacial score (nSPS) is 14.8. The lowest BCUT2D eigenvalue weighted by molar-refractivity contribution is -0.131. The molecule has 2 aromatic carbocycles. The van der Waals surface area contributed by atoms with E-state index in [1.807, 2.05) is 13.0 Å². The van der Waals surface area contributed by atoms with E-state index in [0.717, 1.165) is 5.56 Å². The van der Waals surface area contributed by atoms with E-state index in [2.05, 4.69) is 10.6 Å². The molecule has 0 atom stereocenters. The fourth-order valence-electron chi connectivity index (χ4n) is 2.39. The van der Waals surface area contributed by atoms with Crippen LogP contribution in [0.15, 0.2) is 42.5 Å². The maximum atomic E-state index is 12.5. The fourth-order valence-corrected chi connectivity index (χ4v) is 2.69. The minimum absolute atomic E-state index is 0.305. The zero-order chi connectivity index (χ0) is 17.3. The second-order valence-corrected chi connectivity index (χ2v) is 6.80. The average Bonchev–Trinajstić information content (AvgIpc) is 3.35. The summed E-state index contributed by atoms with van der Waals surface area (Å²) >= 11 is 11.9. The van der Waals surface area contributed by atoms with E-state index in [1.54, 1.807) is 36.4 Å². The van der Waals surface area contributed by atoms with Crippen LogP contribution in [0, 0.1) is 12.3 Å². The summed E-state index contributed by atoms with van der Waals surface area (Å²) in [4.78, 5) is 25.0. The summed E-state index contributed by atoms with van der Waals surface area (Å²) in [6, 6.07) is 12.1. The van der Waals surface area contributed by atoms with Gasteiger partial charge in [0.2, 0.25) is 11.8 Å². The lowest BCUT2D eigenvalue weighted by atomic mass is 10.0. The van der Waals surface area contributed by atoms with Crippen LogP contribution in [0.1, 0.15) is 18.4 Å². The van der Waals surface area contributed by atoms with Gasteiger partial charge in [-0.05, 0) is 61.7 Å². The Morgan fingerprint density at radius 3 is 2.00 bits per heavy atom. The van der Waals surface area contributed by atoms with Crippen molar-refractivity contribution in [3.8, 4) is 0 Å². The van der Waals surface area contributed by atoms with Crippen molar-refractivity contribution in [3.63, 3.8) is 0 Å².